The lowest BCUT2D eigenvalue weighted by Crippen LogP contribution is -2.38. The Hall–Kier alpha value is -1.62. The van der Waals surface area contributed by atoms with E-state index in [2.05, 4.69) is 27.3 Å². The van der Waals surface area contributed by atoms with Crippen molar-refractivity contribution < 1.29 is 4.79 Å². The van der Waals surface area contributed by atoms with Gasteiger partial charge in [0.2, 0.25) is 5.91 Å². The monoisotopic (exact) mass is 288 g/mol. The van der Waals surface area contributed by atoms with Crippen LogP contribution in [-0.4, -0.2) is 53.9 Å². The summed E-state index contributed by atoms with van der Waals surface area (Å²) in [5.74, 6) is 1.19. The van der Waals surface area contributed by atoms with E-state index in [1.807, 2.05) is 18.1 Å². The van der Waals surface area contributed by atoms with Gasteiger partial charge in [-0.15, -0.1) is 0 Å². The highest BCUT2D eigenvalue weighted by Gasteiger charge is 2.29. The highest BCUT2D eigenvalue weighted by Crippen LogP contribution is 2.32. The van der Waals surface area contributed by atoms with Gasteiger partial charge in [-0.2, -0.15) is 0 Å². The van der Waals surface area contributed by atoms with Gasteiger partial charge in [0.1, 0.15) is 5.82 Å². The molecule has 3 rings (SSSR count). The number of pyridine rings is 1. The van der Waals surface area contributed by atoms with Gasteiger partial charge in [0.05, 0.1) is 6.54 Å². The molecule has 0 unspecified atom stereocenters. The van der Waals surface area contributed by atoms with Crippen LogP contribution in [0.5, 0.6) is 0 Å². The van der Waals surface area contributed by atoms with Gasteiger partial charge < -0.3 is 10.2 Å². The van der Waals surface area contributed by atoms with Crippen molar-refractivity contribution in [2.45, 2.75) is 31.7 Å². The molecule has 0 bridgehead atoms. The fourth-order valence-corrected chi connectivity index (χ4v) is 3.42. The summed E-state index contributed by atoms with van der Waals surface area (Å²) in [6.07, 6.45) is 6.45. The van der Waals surface area contributed by atoms with Crippen molar-refractivity contribution in [3.8, 4) is 0 Å². The van der Waals surface area contributed by atoms with E-state index in [-0.39, 0.29) is 0 Å². The van der Waals surface area contributed by atoms with E-state index in [0.29, 0.717) is 18.5 Å². The zero-order valence-electron chi connectivity index (χ0n) is 12.7. The number of nitrogens with one attached hydrogen (secondary N) is 1. The first-order chi connectivity index (χ1) is 10.3. The molecule has 2 aliphatic rings. The van der Waals surface area contributed by atoms with E-state index in [4.69, 9.17) is 0 Å². The van der Waals surface area contributed by atoms with Crippen molar-refractivity contribution in [1.82, 2.24) is 14.8 Å². The Balaban J connectivity index is 1.68. The largest absolute Gasteiger partial charge is 0.373 e. The summed E-state index contributed by atoms with van der Waals surface area (Å²) in [6.45, 7) is 3.45. The molecule has 21 heavy (non-hydrogen) atoms. The third kappa shape index (κ3) is 3.18. The average molecular weight is 288 g/mol. The summed E-state index contributed by atoms with van der Waals surface area (Å²) in [4.78, 5) is 21.0. The minimum atomic E-state index is 0.294. The predicted molar refractivity (Wildman–Crippen MR) is 83.1 cm³/mol. The second-order valence-electron chi connectivity index (χ2n) is 5.94. The predicted octanol–water partition coefficient (Wildman–Crippen LogP) is 1.88. The molecule has 0 aromatic carbocycles. The number of rotatable bonds is 4. The van der Waals surface area contributed by atoms with Crippen LogP contribution in [0.1, 0.15) is 37.3 Å². The van der Waals surface area contributed by atoms with Crippen molar-refractivity contribution in [2.24, 2.45) is 0 Å². The smallest absolute Gasteiger partial charge is 0.236 e. The molecule has 3 heterocycles. The maximum atomic E-state index is 12.4. The Bertz CT molecular complexity index is 499. The number of aromatic nitrogens is 1. The van der Waals surface area contributed by atoms with Crippen molar-refractivity contribution in [3.05, 3.63) is 23.9 Å². The second-order valence-corrected chi connectivity index (χ2v) is 5.94. The van der Waals surface area contributed by atoms with Crippen LogP contribution < -0.4 is 5.32 Å². The molecule has 0 aliphatic carbocycles. The lowest BCUT2D eigenvalue weighted by molar-refractivity contribution is -0.131. The summed E-state index contributed by atoms with van der Waals surface area (Å²) < 4.78 is 0. The fraction of sp³-hybridized carbons (Fsp3) is 0.625. The Morgan fingerprint density at radius 1 is 1.33 bits per heavy atom. The zero-order valence-corrected chi connectivity index (χ0v) is 12.7. The highest BCUT2D eigenvalue weighted by atomic mass is 16.2. The molecule has 1 amide bonds. The minimum absolute atomic E-state index is 0.294. The Kier molecular flexibility index (Phi) is 4.39. The number of carbonyl (C=O) groups excluding carboxylic acids is 1. The Morgan fingerprint density at radius 2 is 2.14 bits per heavy atom. The lowest BCUT2D eigenvalue weighted by Gasteiger charge is -2.26. The molecule has 2 fully saturated rings. The number of carbonyl (C=O) groups is 1. The molecule has 1 atom stereocenters. The first-order valence-electron chi connectivity index (χ1n) is 7.93. The number of hydrogen-bond acceptors (Lipinski definition) is 4. The second kappa shape index (κ2) is 6.43. The van der Waals surface area contributed by atoms with Crippen LogP contribution in [0.25, 0.3) is 0 Å². The number of hydrogen-bond donors (Lipinski definition) is 1. The number of amides is 1. The van der Waals surface area contributed by atoms with Crippen molar-refractivity contribution in [2.75, 3.05) is 38.5 Å². The third-order valence-corrected chi connectivity index (χ3v) is 4.59. The topological polar surface area (TPSA) is 48.5 Å². The average Bonchev–Trinajstić information content (AvgIpc) is 3.18. The fourth-order valence-electron chi connectivity index (χ4n) is 3.42. The number of nitrogens with zero attached hydrogens (tertiary/aromatic N) is 3. The third-order valence-electron chi connectivity index (χ3n) is 4.59. The molecule has 1 N–H and O–H groups in total. The quantitative estimate of drug-likeness (QED) is 0.919. The normalized spacial score (nSPS) is 22.7. The van der Waals surface area contributed by atoms with Crippen molar-refractivity contribution in [3.63, 3.8) is 0 Å². The zero-order chi connectivity index (χ0) is 14.7. The molecule has 1 aromatic rings. The molecule has 2 saturated heterocycles. The van der Waals surface area contributed by atoms with Crippen LogP contribution in [0.2, 0.25) is 0 Å². The van der Waals surface area contributed by atoms with Crippen LogP contribution in [0.4, 0.5) is 5.82 Å². The van der Waals surface area contributed by atoms with Crippen LogP contribution in [-0.2, 0) is 4.79 Å². The lowest BCUT2D eigenvalue weighted by atomic mass is 10.1. The van der Waals surface area contributed by atoms with Gasteiger partial charge in [-0.05, 0) is 49.9 Å². The van der Waals surface area contributed by atoms with Crippen LogP contribution in [0.3, 0.4) is 0 Å². The molecule has 5 heteroatoms. The summed E-state index contributed by atoms with van der Waals surface area (Å²) in [5.41, 5.74) is 1.26. The molecule has 0 saturated carbocycles. The van der Waals surface area contributed by atoms with Crippen LogP contribution in [0, 0.1) is 0 Å². The maximum Gasteiger partial charge on any atom is 0.236 e. The summed E-state index contributed by atoms with van der Waals surface area (Å²) in [5, 5.41) is 3.09. The van der Waals surface area contributed by atoms with E-state index in [9.17, 15) is 4.79 Å². The van der Waals surface area contributed by atoms with Gasteiger partial charge in [-0.25, -0.2) is 4.98 Å². The molecule has 0 spiro atoms. The standard InChI is InChI=1S/C16H24N4O/c1-17-15-11-13(6-7-18-15)14-5-4-10-20(14)12-16(21)19-8-2-3-9-19/h6-7,11,14H,2-5,8-10,12H2,1H3,(H,17,18)/t14-/m0/s1. The van der Waals surface area contributed by atoms with Crippen LogP contribution in [0.15, 0.2) is 18.3 Å². The maximum absolute atomic E-state index is 12.4. The Morgan fingerprint density at radius 3 is 2.90 bits per heavy atom. The van der Waals surface area contributed by atoms with E-state index in [0.717, 1.165) is 51.1 Å². The number of likely N-dealkylation sites (tertiary alicyclic amines) is 2. The SMILES string of the molecule is CNc1cc([C@@H]2CCCN2CC(=O)N2CCCC2)ccn1. The molecule has 0 radical (unpaired) electrons. The van der Waals surface area contributed by atoms with Gasteiger partial charge in [-0.1, -0.05) is 0 Å². The van der Waals surface area contributed by atoms with E-state index in [1.54, 1.807) is 0 Å². The molecule has 2 aliphatic heterocycles. The van der Waals surface area contributed by atoms with Gasteiger partial charge in [0.15, 0.2) is 0 Å². The highest BCUT2D eigenvalue weighted by molar-refractivity contribution is 5.78. The number of anilines is 1. The molecule has 114 valence electrons. The van der Waals surface area contributed by atoms with E-state index in [1.165, 1.54) is 5.56 Å². The first-order valence-corrected chi connectivity index (χ1v) is 7.93. The van der Waals surface area contributed by atoms with Crippen LogP contribution >= 0.6 is 0 Å². The first kappa shape index (κ1) is 14.3. The van der Waals surface area contributed by atoms with Gasteiger partial charge in [0, 0.05) is 32.4 Å². The van der Waals surface area contributed by atoms with Crippen molar-refractivity contribution >= 4 is 11.7 Å². The summed E-state index contributed by atoms with van der Waals surface area (Å²) in [6, 6.07) is 4.53. The molecular formula is C16H24N4O. The summed E-state index contributed by atoms with van der Waals surface area (Å²) in [7, 11) is 1.88. The van der Waals surface area contributed by atoms with Crippen molar-refractivity contribution in [1.29, 1.82) is 0 Å². The minimum Gasteiger partial charge on any atom is -0.373 e. The van der Waals surface area contributed by atoms with Gasteiger partial charge in [-0.3, -0.25) is 9.69 Å². The van der Waals surface area contributed by atoms with E-state index >= 15 is 0 Å². The molecule has 5 nitrogen and oxygen atoms in total. The van der Waals surface area contributed by atoms with Gasteiger partial charge in [0.25, 0.3) is 0 Å². The summed E-state index contributed by atoms with van der Waals surface area (Å²) >= 11 is 0. The van der Waals surface area contributed by atoms with E-state index < -0.39 is 0 Å². The Labute approximate surface area is 126 Å². The molecular weight excluding hydrogens is 264 g/mol. The molecule has 1 aromatic heterocycles. The van der Waals surface area contributed by atoms with Gasteiger partial charge >= 0.3 is 0 Å².